The van der Waals surface area contributed by atoms with Crippen LogP contribution in [0.1, 0.15) is 5.56 Å². The highest BCUT2D eigenvalue weighted by molar-refractivity contribution is 8.00. The van der Waals surface area contributed by atoms with Crippen LogP contribution in [0.3, 0.4) is 0 Å². The third-order valence-corrected chi connectivity index (χ3v) is 3.66. The lowest BCUT2D eigenvalue weighted by Gasteiger charge is -2.05. The SMILES string of the molecule is O/N=C(\CSc1ccccc1)c1cccc(Cl)c1. The number of oxime groups is 1. The molecular weight excluding hydrogens is 266 g/mol. The van der Waals surface area contributed by atoms with E-state index in [0.29, 0.717) is 16.5 Å². The molecule has 18 heavy (non-hydrogen) atoms. The van der Waals surface area contributed by atoms with Crippen molar-refractivity contribution in [3.8, 4) is 0 Å². The minimum Gasteiger partial charge on any atom is -0.411 e. The first-order valence-electron chi connectivity index (χ1n) is 5.44. The third-order valence-electron chi connectivity index (χ3n) is 2.40. The summed E-state index contributed by atoms with van der Waals surface area (Å²) >= 11 is 7.54. The molecule has 0 aromatic heterocycles. The molecule has 92 valence electrons. The maximum atomic E-state index is 9.08. The van der Waals surface area contributed by atoms with Crippen molar-refractivity contribution in [1.82, 2.24) is 0 Å². The summed E-state index contributed by atoms with van der Waals surface area (Å²) in [5, 5.41) is 13.1. The monoisotopic (exact) mass is 277 g/mol. The van der Waals surface area contributed by atoms with Crippen molar-refractivity contribution in [3.63, 3.8) is 0 Å². The van der Waals surface area contributed by atoms with E-state index in [1.165, 1.54) is 0 Å². The van der Waals surface area contributed by atoms with E-state index < -0.39 is 0 Å². The average molecular weight is 278 g/mol. The van der Waals surface area contributed by atoms with E-state index in [0.717, 1.165) is 10.5 Å². The maximum Gasteiger partial charge on any atom is 0.0970 e. The van der Waals surface area contributed by atoms with E-state index in [2.05, 4.69) is 5.16 Å². The standard InChI is InChI=1S/C14H12ClNOS/c15-12-6-4-5-11(9-12)14(16-17)10-18-13-7-2-1-3-8-13/h1-9,17H,10H2/b16-14+. The van der Waals surface area contributed by atoms with Crippen LogP contribution in [0.2, 0.25) is 5.02 Å². The minimum absolute atomic E-state index is 0.598. The molecule has 2 aromatic rings. The summed E-state index contributed by atoms with van der Waals surface area (Å²) < 4.78 is 0. The fraction of sp³-hybridized carbons (Fsp3) is 0.0714. The smallest absolute Gasteiger partial charge is 0.0970 e. The highest BCUT2D eigenvalue weighted by atomic mass is 35.5. The van der Waals surface area contributed by atoms with Crippen LogP contribution >= 0.6 is 23.4 Å². The first kappa shape index (κ1) is 13.0. The Kier molecular flexibility index (Phi) is 4.67. The van der Waals surface area contributed by atoms with Crippen molar-refractivity contribution in [2.45, 2.75) is 4.90 Å². The summed E-state index contributed by atoms with van der Waals surface area (Å²) in [4.78, 5) is 1.14. The molecule has 0 atom stereocenters. The van der Waals surface area contributed by atoms with Gasteiger partial charge in [-0.15, -0.1) is 11.8 Å². The zero-order valence-corrected chi connectivity index (χ0v) is 11.2. The van der Waals surface area contributed by atoms with Gasteiger partial charge in [0.15, 0.2) is 0 Å². The van der Waals surface area contributed by atoms with Gasteiger partial charge in [0.2, 0.25) is 0 Å². The Morgan fingerprint density at radius 3 is 2.56 bits per heavy atom. The normalized spacial score (nSPS) is 11.5. The molecule has 1 N–H and O–H groups in total. The predicted molar refractivity (Wildman–Crippen MR) is 76.9 cm³/mol. The maximum absolute atomic E-state index is 9.08. The molecule has 0 bridgehead atoms. The molecule has 2 nitrogen and oxygen atoms in total. The Bertz CT molecular complexity index is 543. The second-order valence-electron chi connectivity index (χ2n) is 3.66. The Labute approximate surface area is 115 Å². The van der Waals surface area contributed by atoms with Crippen molar-refractivity contribution in [1.29, 1.82) is 0 Å². The molecule has 0 aliphatic heterocycles. The number of halogens is 1. The summed E-state index contributed by atoms with van der Waals surface area (Å²) in [6, 6.07) is 17.3. The van der Waals surface area contributed by atoms with Crippen LogP contribution < -0.4 is 0 Å². The second kappa shape index (κ2) is 6.47. The van der Waals surface area contributed by atoms with Gasteiger partial charge in [-0.25, -0.2) is 0 Å². The van der Waals surface area contributed by atoms with E-state index >= 15 is 0 Å². The van der Waals surface area contributed by atoms with Gasteiger partial charge >= 0.3 is 0 Å². The molecule has 0 saturated carbocycles. The van der Waals surface area contributed by atoms with Gasteiger partial charge in [-0.3, -0.25) is 0 Å². The molecule has 0 heterocycles. The minimum atomic E-state index is 0.598. The van der Waals surface area contributed by atoms with Gasteiger partial charge in [0.1, 0.15) is 0 Å². The van der Waals surface area contributed by atoms with Gasteiger partial charge in [0, 0.05) is 21.2 Å². The highest BCUT2D eigenvalue weighted by Crippen LogP contribution is 2.20. The van der Waals surface area contributed by atoms with Gasteiger partial charge in [-0.1, -0.05) is 47.1 Å². The van der Waals surface area contributed by atoms with E-state index in [-0.39, 0.29) is 0 Å². The number of thioether (sulfide) groups is 1. The van der Waals surface area contributed by atoms with Crippen LogP contribution in [0.25, 0.3) is 0 Å². The van der Waals surface area contributed by atoms with Crippen molar-refractivity contribution in [2.75, 3.05) is 5.75 Å². The Morgan fingerprint density at radius 1 is 1.11 bits per heavy atom. The lowest BCUT2D eigenvalue weighted by Crippen LogP contribution is -2.04. The van der Waals surface area contributed by atoms with Crippen LogP contribution in [0.5, 0.6) is 0 Å². The second-order valence-corrected chi connectivity index (χ2v) is 5.14. The molecule has 0 aliphatic rings. The molecule has 2 rings (SSSR count). The molecule has 0 unspecified atom stereocenters. The van der Waals surface area contributed by atoms with Gasteiger partial charge in [0.05, 0.1) is 5.71 Å². The summed E-state index contributed by atoms with van der Waals surface area (Å²) in [6.45, 7) is 0. The predicted octanol–water partition coefficient (Wildman–Crippen LogP) is 4.31. The molecule has 2 aromatic carbocycles. The Morgan fingerprint density at radius 2 is 1.89 bits per heavy atom. The molecule has 0 amide bonds. The fourth-order valence-corrected chi connectivity index (χ4v) is 2.57. The Hall–Kier alpha value is -1.45. The van der Waals surface area contributed by atoms with Gasteiger partial charge in [-0.2, -0.15) is 0 Å². The van der Waals surface area contributed by atoms with E-state index in [9.17, 15) is 0 Å². The molecular formula is C14H12ClNOS. The molecule has 0 radical (unpaired) electrons. The third kappa shape index (κ3) is 3.52. The lowest BCUT2D eigenvalue weighted by atomic mass is 10.1. The van der Waals surface area contributed by atoms with Crippen molar-refractivity contribution >= 4 is 29.1 Å². The van der Waals surface area contributed by atoms with E-state index in [1.807, 2.05) is 42.5 Å². The molecule has 0 spiro atoms. The number of rotatable bonds is 4. The van der Waals surface area contributed by atoms with E-state index in [4.69, 9.17) is 16.8 Å². The van der Waals surface area contributed by atoms with Crippen LogP contribution in [-0.4, -0.2) is 16.7 Å². The lowest BCUT2D eigenvalue weighted by molar-refractivity contribution is 0.319. The summed E-state index contributed by atoms with van der Waals surface area (Å²) in [6.07, 6.45) is 0. The number of hydrogen-bond donors (Lipinski definition) is 1. The zero-order valence-electron chi connectivity index (χ0n) is 9.58. The molecule has 4 heteroatoms. The highest BCUT2D eigenvalue weighted by Gasteiger charge is 2.06. The molecule has 0 fully saturated rings. The topological polar surface area (TPSA) is 32.6 Å². The summed E-state index contributed by atoms with van der Waals surface area (Å²) in [5.41, 5.74) is 1.46. The quantitative estimate of drug-likeness (QED) is 0.391. The summed E-state index contributed by atoms with van der Waals surface area (Å²) in [5.74, 6) is 0.598. The van der Waals surface area contributed by atoms with Crippen molar-refractivity contribution in [3.05, 3.63) is 65.2 Å². The molecule has 0 saturated heterocycles. The van der Waals surface area contributed by atoms with Crippen LogP contribution in [0.4, 0.5) is 0 Å². The van der Waals surface area contributed by atoms with Crippen LogP contribution in [0, 0.1) is 0 Å². The number of benzene rings is 2. The first-order valence-corrected chi connectivity index (χ1v) is 6.80. The zero-order chi connectivity index (χ0) is 12.8. The van der Waals surface area contributed by atoms with Crippen LogP contribution in [-0.2, 0) is 0 Å². The van der Waals surface area contributed by atoms with Gasteiger partial charge in [-0.05, 0) is 24.3 Å². The van der Waals surface area contributed by atoms with Gasteiger partial charge in [0.25, 0.3) is 0 Å². The fourth-order valence-electron chi connectivity index (χ4n) is 1.51. The number of hydrogen-bond acceptors (Lipinski definition) is 3. The largest absolute Gasteiger partial charge is 0.411 e. The van der Waals surface area contributed by atoms with Gasteiger partial charge < -0.3 is 5.21 Å². The Balaban J connectivity index is 2.07. The first-order chi connectivity index (χ1) is 8.79. The van der Waals surface area contributed by atoms with Crippen molar-refractivity contribution in [2.24, 2.45) is 5.16 Å². The molecule has 0 aliphatic carbocycles. The number of nitrogens with zero attached hydrogens (tertiary/aromatic N) is 1. The van der Waals surface area contributed by atoms with E-state index in [1.54, 1.807) is 23.9 Å². The summed E-state index contributed by atoms with van der Waals surface area (Å²) in [7, 11) is 0. The van der Waals surface area contributed by atoms with Crippen LogP contribution in [0.15, 0.2) is 64.6 Å². The van der Waals surface area contributed by atoms with Crippen molar-refractivity contribution < 1.29 is 5.21 Å². The average Bonchev–Trinajstić information content (AvgIpc) is 2.41.